The third-order valence-corrected chi connectivity index (χ3v) is 4.07. The number of halogens is 2. The van der Waals surface area contributed by atoms with Crippen molar-refractivity contribution in [3.63, 3.8) is 0 Å². The van der Waals surface area contributed by atoms with Gasteiger partial charge in [0, 0.05) is 13.0 Å². The second-order valence-electron chi connectivity index (χ2n) is 4.67. The molecule has 0 bridgehead atoms. The first-order chi connectivity index (χ1) is 10.6. The molecule has 0 saturated heterocycles. The first-order valence-corrected chi connectivity index (χ1v) is 7.38. The third-order valence-electron chi connectivity index (χ3n) is 3.27. The molecule has 2 aromatic heterocycles. The predicted octanol–water partition coefficient (Wildman–Crippen LogP) is 3.25. The smallest absolute Gasteiger partial charge is 0.153 e. The van der Waals surface area contributed by atoms with Crippen LogP contribution in [0.3, 0.4) is 0 Å². The minimum atomic E-state index is 0.0463. The van der Waals surface area contributed by atoms with Gasteiger partial charge in [0.2, 0.25) is 0 Å². The lowest BCUT2D eigenvalue weighted by molar-refractivity contribution is 0.298. The van der Waals surface area contributed by atoms with Gasteiger partial charge in [-0.1, -0.05) is 23.2 Å². The zero-order valence-electron chi connectivity index (χ0n) is 11.8. The Labute approximate surface area is 137 Å². The molecule has 1 N–H and O–H groups in total. The first kappa shape index (κ1) is 15.1. The lowest BCUT2D eigenvalue weighted by Gasteiger charge is -2.11. The van der Waals surface area contributed by atoms with Crippen molar-refractivity contribution in [2.24, 2.45) is 0 Å². The molecule has 7 heteroatoms. The minimum Gasteiger partial charge on any atom is -0.496 e. The first-order valence-electron chi connectivity index (χ1n) is 6.62. The van der Waals surface area contributed by atoms with Crippen molar-refractivity contribution < 1.29 is 9.84 Å². The van der Waals surface area contributed by atoms with E-state index in [9.17, 15) is 0 Å². The van der Waals surface area contributed by atoms with Crippen molar-refractivity contribution in [3.8, 4) is 17.0 Å². The number of ether oxygens (including phenoxy) is 1. The average Bonchev–Trinajstić information content (AvgIpc) is 2.91. The van der Waals surface area contributed by atoms with Gasteiger partial charge in [0.15, 0.2) is 5.65 Å². The van der Waals surface area contributed by atoms with E-state index in [2.05, 4.69) is 10.1 Å². The highest BCUT2D eigenvalue weighted by molar-refractivity contribution is 6.44. The van der Waals surface area contributed by atoms with Crippen molar-refractivity contribution in [2.75, 3.05) is 13.7 Å². The van der Waals surface area contributed by atoms with Gasteiger partial charge < -0.3 is 9.84 Å². The van der Waals surface area contributed by atoms with Gasteiger partial charge >= 0.3 is 0 Å². The highest BCUT2D eigenvalue weighted by Gasteiger charge is 2.16. The molecule has 0 radical (unpaired) electrons. The Kier molecular flexibility index (Phi) is 4.20. The van der Waals surface area contributed by atoms with Gasteiger partial charge in [-0.3, -0.25) is 0 Å². The van der Waals surface area contributed by atoms with Crippen LogP contribution in [0.2, 0.25) is 10.0 Å². The summed E-state index contributed by atoms with van der Waals surface area (Å²) in [5.74, 6) is 0.594. The summed E-state index contributed by atoms with van der Waals surface area (Å²) in [4.78, 5) is 4.37. The summed E-state index contributed by atoms with van der Waals surface area (Å²) in [6.45, 7) is 0.0463. The Balaban J connectivity index is 2.16. The maximum atomic E-state index is 8.99. The molecule has 3 aromatic rings. The van der Waals surface area contributed by atoms with Gasteiger partial charge in [0.25, 0.3) is 0 Å². The summed E-state index contributed by atoms with van der Waals surface area (Å²) in [6.07, 6.45) is 2.26. The molecule has 0 saturated carbocycles. The lowest BCUT2D eigenvalue weighted by Crippen LogP contribution is -1.96. The van der Waals surface area contributed by atoms with E-state index in [1.54, 1.807) is 30.0 Å². The molecule has 1 aromatic carbocycles. The van der Waals surface area contributed by atoms with Crippen LogP contribution in [0.4, 0.5) is 0 Å². The van der Waals surface area contributed by atoms with Gasteiger partial charge in [-0.25, -0.2) is 9.50 Å². The topological polar surface area (TPSA) is 59.7 Å². The summed E-state index contributed by atoms with van der Waals surface area (Å²) in [5, 5.41) is 14.3. The van der Waals surface area contributed by atoms with Crippen LogP contribution >= 0.6 is 23.2 Å². The molecule has 0 amide bonds. The van der Waals surface area contributed by atoms with Gasteiger partial charge in [0.05, 0.1) is 40.3 Å². The average molecular weight is 338 g/mol. The third kappa shape index (κ3) is 2.63. The summed E-state index contributed by atoms with van der Waals surface area (Å²) in [7, 11) is 1.57. The predicted molar refractivity (Wildman–Crippen MR) is 85.8 cm³/mol. The molecule has 0 aliphatic rings. The van der Waals surface area contributed by atoms with Crippen LogP contribution in [0.25, 0.3) is 16.9 Å². The number of hydrogen-bond acceptors (Lipinski definition) is 4. The van der Waals surface area contributed by atoms with Crippen LogP contribution in [0.15, 0.2) is 30.5 Å². The molecular formula is C15H13Cl2N3O2. The highest BCUT2D eigenvalue weighted by Crippen LogP contribution is 2.39. The van der Waals surface area contributed by atoms with Crippen molar-refractivity contribution >= 4 is 28.8 Å². The quantitative estimate of drug-likeness (QED) is 0.793. The molecule has 3 rings (SSSR count). The van der Waals surface area contributed by atoms with Crippen LogP contribution < -0.4 is 4.74 Å². The molecule has 0 atom stereocenters. The van der Waals surface area contributed by atoms with Crippen molar-refractivity contribution in [3.05, 3.63) is 46.2 Å². The number of benzene rings is 1. The Bertz CT molecular complexity index is 833. The van der Waals surface area contributed by atoms with E-state index in [0.717, 1.165) is 5.69 Å². The van der Waals surface area contributed by atoms with Crippen LogP contribution in [0.1, 0.15) is 5.69 Å². The number of nitrogens with zero attached hydrogens (tertiary/aromatic N) is 3. The van der Waals surface area contributed by atoms with Crippen LogP contribution in [0, 0.1) is 0 Å². The van der Waals surface area contributed by atoms with Crippen molar-refractivity contribution in [2.45, 2.75) is 6.42 Å². The van der Waals surface area contributed by atoms with E-state index in [0.29, 0.717) is 39.1 Å². The summed E-state index contributed by atoms with van der Waals surface area (Å²) >= 11 is 12.4. The van der Waals surface area contributed by atoms with Gasteiger partial charge in [-0.05, 0) is 24.3 Å². The molecule has 5 nitrogen and oxygen atoms in total. The number of imidazole rings is 1. The van der Waals surface area contributed by atoms with Gasteiger partial charge in [-0.2, -0.15) is 5.10 Å². The second-order valence-corrected chi connectivity index (χ2v) is 5.45. The molecule has 0 spiro atoms. The SMILES string of the molecule is COc1ccc(Cl)c(Cl)c1-c1ccc2nc(CCO)cn2n1. The summed E-state index contributed by atoms with van der Waals surface area (Å²) in [5.41, 5.74) is 2.74. The van der Waals surface area contributed by atoms with Gasteiger partial charge in [0.1, 0.15) is 5.75 Å². The molecule has 114 valence electrons. The second kappa shape index (κ2) is 6.12. The number of aliphatic hydroxyl groups excluding tert-OH is 1. The van der Waals surface area contributed by atoms with E-state index in [1.807, 2.05) is 12.1 Å². The standard InChI is InChI=1S/C15H13Cl2N3O2/c1-22-12-4-2-10(16)15(17)14(12)11-3-5-13-18-9(6-7-21)8-20(13)19-11/h2-5,8,21H,6-7H2,1H3. The summed E-state index contributed by atoms with van der Waals surface area (Å²) < 4.78 is 7.00. The van der Waals surface area contributed by atoms with Crippen LogP contribution in [-0.4, -0.2) is 33.4 Å². The van der Waals surface area contributed by atoms with Crippen molar-refractivity contribution in [1.29, 1.82) is 0 Å². The van der Waals surface area contributed by atoms with E-state index < -0.39 is 0 Å². The van der Waals surface area contributed by atoms with Crippen LogP contribution in [0.5, 0.6) is 5.75 Å². The number of hydrogen-bond donors (Lipinski definition) is 1. The summed E-state index contributed by atoms with van der Waals surface area (Å²) in [6, 6.07) is 7.08. The number of aliphatic hydroxyl groups is 1. The Morgan fingerprint density at radius 3 is 2.77 bits per heavy atom. The Morgan fingerprint density at radius 2 is 2.05 bits per heavy atom. The largest absolute Gasteiger partial charge is 0.496 e. The monoisotopic (exact) mass is 337 g/mol. The molecule has 0 fully saturated rings. The Morgan fingerprint density at radius 1 is 1.23 bits per heavy atom. The molecule has 0 aliphatic heterocycles. The number of aromatic nitrogens is 3. The Hall–Kier alpha value is -1.82. The number of rotatable bonds is 4. The molecule has 2 heterocycles. The van der Waals surface area contributed by atoms with Crippen molar-refractivity contribution in [1.82, 2.24) is 14.6 Å². The maximum Gasteiger partial charge on any atom is 0.153 e. The lowest BCUT2D eigenvalue weighted by atomic mass is 10.1. The fourth-order valence-corrected chi connectivity index (χ4v) is 2.65. The van der Waals surface area contributed by atoms with E-state index >= 15 is 0 Å². The molecule has 0 aliphatic carbocycles. The highest BCUT2D eigenvalue weighted by atomic mass is 35.5. The van der Waals surface area contributed by atoms with Crippen LogP contribution in [-0.2, 0) is 6.42 Å². The fraction of sp³-hybridized carbons (Fsp3) is 0.200. The van der Waals surface area contributed by atoms with Gasteiger partial charge in [-0.15, -0.1) is 0 Å². The normalized spacial score (nSPS) is 11.1. The van der Waals surface area contributed by atoms with E-state index in [-0.39, 0.29) is 6.61 Å². The number of methoxy groups -OCH3 is 1. The molecular weight excluding hydrogens is 325 g/mol. The molecule has 0 unspecified atom stereocenters. The number of fused-ring (bicyclic) bond motifs is 1. The van der Waals surface area contributed by atoms with E-state index in [1.165, 1.54) is 0 Å². The zero-order chi connectivity index (χ0) is 15.7. The molecule has 22 heavy (non-hydrogen) atoms. The minimum absolute atomic E-state index is 0.0463. The fourth-order valence-electron chi connectivity index (χ4n) is 2.24. The van der Waals surface area contributed by atoms with E-state index in [4.69, 9.17) is 33.0 Å². The zero-order valence-corrected chi connectivity index (χ0v) is 13.3. The maximum absolute atomic E-state index is 8.99.